The molecule has 0 saturated carbocycles. The number of rotatable bonds is 3. The van der Waals surface area contributed by atoms with E-state index in [1.54, 1.807) is 16.6 Å². The third-order valence-electron chi connectivity index (χ3n) is 2.80. The van der Waals surface area contributed by atoms with Gasteiger partial charge in [0, 0.05) is 26.2 Å². The average Bonchev–Trinajstić information content (AvgIpc) is 2.92. The Morgan fingerprint density at radius 1 is 1.67 bits per heavy atom. The van der Waals surface area contributed by atoms with Gasteiger partial charge in [0.25, 0.3) is 5.91 Å². The summed E-state index contributed by atoms with van der Waals surface area (Å²) in [6.45, 7) is 4.18. The van der Waals surface area contributed by atoms with E-state index in [-0.39, 0.29) is 11.8 Å². The molecule has 2 N–H and O–H groups in total. The van der Waals surface area contributed by atoms with Crippen LogP contribution >= 0.6 is 11.3 Å². The Hall–Kier alpha value is -1.47. The molecule has 98 valence electrons. The Balaban J connectivity index is 2.12. The van der Waals surface area contributed by atoms with Crippen LogP contribution in [0.25, 0.3) is 0 Å². The zero-order valence-electron chi connectivity index (χ0n) is 10.2. The second-order valence-electron chi connectivity index (χ2n) is 3.98. The standard InChI is InChI=1S/C11H16N4O2S/c1-2-14-10(16)8-5-12-3-4-15(8)11(17)9-6-13-7-18-9/h6-8,12H,2-5H2,1H3,(H,14,16). The van der Waals surface area contributed by atoms with E-state index in [1.807, 2.05) is 6.92 Å². The Bertz CT molecular complexity index is 421. The molecule has 0 bridgehead atoms. The van der Waals surface area contributed by atoms with Crippen molar-refractivity contribution >= 4 is 23.2 Å². The molecular formula is C11H16N4O2S. The largest absolute Gasteiger partial charge is 0.355 e. The van der Waals surface area contributed by atoms with E-state index in [0.717, 1.165) is 0 Å². The van der Waals surface area contributed by atoms with Crippen molar-refractivity contribution in [1.82, 2.24) is 20.5 Å². The number of thiazole rings is 1. The van der Waals surface area contributed by atoms with Crippen LogP contribution in [-0.4, -0.2) is 53.9 Å². The predicted octanol–water partition coefficient (Wildman–Crippen LogP) is -0.307. The molecule has 6 nitrogen and oxygen atoms in total. The zero-order valence-corrected chi connectivity index (χ0v) is 11.0. The summed E-state index contributed by atoms with van der Waals surface area (Å²) >= 11 is 1.30. The van der Waals surface area contributed by atoms with E-state index < -0.39 is 6.04 Å². The Labute approximate surface area is 109 Å². The van der Waals surface area contributed by atoms with Gasteiger partial charge in [-0.15, -0.1) is 11.3 Å². The van der Waals surface area contributed by atoms with Crippen LogP contribution in [0.15, 0.2) is 11.7 Å². The molecule has 1 aromatic heterocycles. The first-order valence-corrected chi connectivity index (χ1v) is 6.80. The molecule has 0 radical (unpaired) electrons. The average molecular weight is 268 g/mol. The number of carbonyl (C=O) groups excluding carboxylic acids is 2. The van der Waals surface area contributed by atoms with Crippen LogP contribution in [-0.2, 0) is 4.79 Å². The van der Waals surface area contributed by atoms with E-state index in [2.05, 4.69) is 15.6 Å². The minimum Gasteiger partial charge on any atom is -0.355 e. The summed E-state index contributed by atoms with van der Waals surface area (Å²) in [5, 5.41) is 5.90. The molecule has 0 aliphatic carbocycles. The first-order chi connectivity index (χ1) is 8.74. The predicted molar refractivity (Wildman–Crippen MR) is 68.5 cm³/mol. The fourth-order valence-electron chi connectivity index (χ4n) is 1.94. The highest BCUT2D eigenvalue weighted by atomic mass is 32.1. The summed E-state index contributed by atoms with van der Waals surface area (Å²) in [6.07, 6.45) is 1.55. The molecule has 1 aromatic rings. The maximum Gasteiger partial charge on any atom is 0.266 e. The first kappa shape index (κ1) is 13.0. The number of hydrogen-bond acceptors (Lipinski definition) is 5. The van der Waals surface area contributed by atoms with Crippen molar-refractivity contribution in [3.8, 4) is 0 Å². The maximum atomic E-state index is 12.3. The third-order valence-corrected chi connectivity index (χ3v) is 3.56. The molecular weight excluding hydrogens is 252 g/mol. The minimum absolute atomic E-state index is 0.109. The summed E-state index contributed by atoms with van der Waals surface area (Å²) < 4.78 is 0. The number of carbonyl (C=O) groups is 2. The molecule has 1 unspecified atom stereocenters. The third kappa shape index (κ3) is 2.68. The Kier molecular flexibility index (Phi) is 4.27. The fraction of sp³-hybridized carbons (Fsp3) is 0.545. The van der Waals surface area contributed by atoms with Crippen molar-refractivity contribution in [2.75, 3.05) is 26.2 Å². The van der Waals surface area contributed by atoms with Crippen LogP contribution in [0.2, 0.25) is 0 Å². The molecule has 1 aliphatic rings. The van der Waals surface area contributed by atoms with Crippen LogP contribution in [0.5, 0.6) is 0 Å². The highest BCUT2D eigenvalue weighted by molar-refractivity contribution is 7.11. The Morgan fingerprint density at radius 3 is 3.17 bits per heavy atom. The van der Waals surface area contributed by atoms with Gasteiger partial charge in [-0.25, -0.2) is 0 Å². The molecule has 7 heteroatoms. The summed E-state index contributed by atoms with van der Waals surface area (Å²) in [7, 11) is 0. The summed E-state index contributed by atoms with van der Waals surface area (Å²) in [6, 6.07) is -0.437. The van der Waals surface area contributed by atoms with E-state index in [0.29, 0.717) is 31.1 Å². The van der Waals surface area contributed by atoms with Crippen molar-refractivity contribution < 1.29 is 9.59 Å². The minimum atomic E-state index is -0.437. The van der Waals surface area contributed by atoms with Gasteiger partial charge in [0.05, 0.1) is 11.7 Å². The number of nitrogens with zero attached hydrogens (tertiary/aromatic N) is 2. The van der Waals surface area contributed by atoms with Gasteiger partial charge in [-0.05, 0) is 6.92 Å². The number of likely N-dealkylation sites (N-methyl/N-ethyl adjacent to an activating group) is 1. The number of piperazine rings is 1. The molecule has 2 heterocycles. The normalized spacial score (nSPS) is 19.6. The molecule has 18 heavy (non-hydrogen) atoms. The Morgan fingerprint density at radius 2 is 2.50 bits per heavy atom. The van der Waals surface area contributed by atoms with Crippen LogP contribution in [0, 0.1) is 0 Å². The lowest BCUT2D eigenvalue weighted by Gasteiger charge is -2.34. The highest BCUT2D eigenvalue weighted by Crippen LogP contribution is 2.13. The fourth-order valence-corrected chi connectivity index (χ4v) is 2.51. The first-order valence-electron chi connectivity index (χ1n) is 5.92. The van der Waals surface area contributed by atoms with Gasteiger partial charge < -0.3 is 15.5 Å². The van der Waals surface area contributed by atoms with Gasteiger partial charge in [-0.3, -0.25) is 14.6 Å². The van der Waals surface area contributed by atoms with E-state index in [1.165, 1.54) is 11.3 Å². The molecule has 1 aliphatic heterocycles. The number of amides is 2. The molecule has 0 aromatic carbocycles. The topological polar surface area (TPSA) is 74.3 Å². The van der Waals surface area contributed by atoms with Crippen molar-refractivity contribution in [3.63, 3.8) is 0 Å². The zero-order chi connectivity index (χ0) is 13.0. The lowest BCUT2D eigenvalue weighted by atomic mass is 10.1. The van der Waals surface area contributed by atoms with Gasteiger partial charge >= 0.3 is 0 Å². The van der Waals surface area contributed by atoms with Gasteiger partial charge in [-0.2, -0.15) is 0 Å². The lowest BCUT2D eigenvalue weighted by Crippen LogP contribution is -2.59. The molecule has 2 amide bonds. The molecule has 1 fully saturated rings. The molecule has 1 saturated heterocycles. The van der Waals surface area contributed by atoms with Gasteiger partial charge in [0.15, 0.2) is 0 Å². The quantitative estimate of drug-likeness (QED) is 0.789. The number of aromatic nitrogens is 1. The molecule has 2 rings (SSSR count). The van der Waals surface area contributed by atoms with Crippen molar-refractivity contribution in [2.24, 2.45) is 0 Å². The van der Waals surface area contributed by atoms with Crippen LogP contribution < -0.4 is 10.6 Å². The SMILES string of the molecule is CCNC(=O)C1CNCCN1C(=O)c1cncs1. The smallest absolute Gasteiger partial charge is 0.266 e. The van der Waals surface area contributed by atoms with E-state index >= 15 is 0 Å². The van der Waals surface area contributed by atoms with Gasteiger partial charge in [-0.1, -0.05) is 0 Å². The van der Waals surface area contributed by atoms with Crippen molar-refractivity contribution in [2.45, 2.75) is 13.0 Å². The van der Waals surface area contributed by atoms with Crippen molar-refractivity contribution in [3.05, 3.63) is 16.6 Å². The lowest BCUT2D eigenvalue weighted by molar-refractivity contribution is -0.126. The second-order valence-corrected chi connectivity index (χ2v) is 4.87. The van der Waals surface area contributed by atoms with Gasteiger partial charge in [0.2, 0.25) is 5.91 Å². The summed E-state index contributed by atoms with van der Waals surface area (Å²) in [4.78, 5) is 30.3. The summed E-state index contributed by atoms with van der Waals surface area (Å²) in [5.74, 6) is -0.224. The summed E-state index contributed by atoms with van der Waals surface area (Å²) in [5.41, 5.74) is 1.62. The van der Waals surface area contributed by atoms with Crippen LogP contribution in [0.1, 0.15) is 16.6 Å². The molecule has 0 spiro atoms. The van der Waals surface area contributed by atoms with Crippen LogP contribution in [0.4, 0.5) is 0 Å². The highest BCUT2D eigenvalue weighted by Gasteiger charge is 2.32. The van der Waals surface area contributed by atoms with Crippen LogP contribution in [0.3, 0.4) is 0 Å². The second kappa shape index (κ2) is 5.92. The maximum absolute atomic E-state index is 12.3. The number of nitrogens with one attached hydrogen (secondary N) is 2. The van der Waals surface area contributed by atoms with E-state index in [4.69, 9.17) is 0 Å². The van der Waals surface area contributed by atoms with Crippen molar-refractivity contribution in [1.29, 1.82) is 0 Å². The van der Waals surface area contributed by atoms with Gasteiger partial charge in [0.1, 0.15) is 10.9 Å². The number of hydrogen-bond donors (Lipinski definition) is 2. The van der Waals surface area contributed by atoms with E-state index in [9.17, 15) is 9.59 Å². The molecule has 1 atom stereocenters. The monoisotopic (exact) mass is 268 g/mol.